The molecule has 5 heteroatoms. The van der Waals surface area contributed by atoms with E-state index in [0.29, 0.717) is 0 Å². The molecule has 0 atom stereocenters. The van der Waals surface area contributed by atoms with Gasteiger partial charge in [0.1, 0.15) is 11.6 Å². The zero-order chi connectivity index (χ0) is 11.5. The number of aryl methyl sites for hydroxylation is 1. The monoisotopic (exact) mass is 253 g/mol. The number of anilines is 1. The van der Waals surface area contributed by atoms with Gasteiger partial charge in [0.05, 0.1) is 14.9 Å². The van der Waals surface area contributed by atoms with Crippen LogP contribution in [0, 0.1) is 6.92 Å². The second kappa shape index (κ2) is 4.80. The lowest BCUT2D eigenvalue weighted by molar-refractivity contribution is 1.04. The highest BCUT2D eigenvalue weighted by atomic mass is 35.5. The number of hydrogen-bond acceptors (Lipinski definition) is 4. The van der Waals surface area contributed by atoms with Crippen LogP contribution in [0.5, 0.6) is 0 Å². The van der Waals surface area contributed by atoms with Gasteiger partial charge in [-0.3, -0.25) is 0 Å². The lowest BCUT2D eigenvalue weighted by atomic mass is 10.3. The van der Waals surface area contributed by atoms with Gasteiger partial charge in [0.25, 0.3) is 0 Å². The highest BCUT2D eigenvalue weighted by molar-refractivity contribution is 7.19. The Morgan fingerprint density at radius 2 is 2.19 bits per heavy atom. The van der Waals surface area contributed by atoms with E-state index in [1.54, 1.807) is 0 Å². The van der Waals surface area contributed by atoms with Crippen LogP contribution < -0.4 is 5.32 Å². The third-order valence-corrected chi connectivity index (χ3v) is 3.28. The lowest BCUT2D eigenvalue weighted by Crippen LogP contribution is -2.02. The molecule has 2 aromatic heterocycles. The van der Waals surface area contributed by atoms with E-state index in [-0.39, 0.29) is 0 Å². The molecule has 2 heterocycles. The highest BCUT2D eigenvalue weighted by Gasteiger charge is 2.06. The van der Waals surface area contributed by atoms with Gasteiger partial charge in [0.2, 0.25) is 0 Å². The van der Waals surface area contributed by atoms with Crippen LogP contribution in [-0.4, -0.2) is 16.5 Å². The van der Waals surface area contributed by atoms with Crippen LogP contribution in [0.2, 0.25) is 4.34 Å². The van der Waals surface area contributed by atoms with Crippen LogP contribution in [-0.2, 0) is 0 Å². The molecule has 0 spiro atoms. The summed E-state index contributed by atoms with van der Waals surface area (Å²) < 4.78 is 0.774. The molecule has 0 unspecified atom stereocenters. The standard InChI is InChI=1S/C11H12ClN3S/c1-3-13-11-6-8(14-7(2)15-11)9-4-5-10(12)16-9/h4-6H,3H2,1-2H3,(H,13,14,15). The van der Waals surface area contributed by atoms with E-state index in [9.17, 15) is 0 Å². The maximum absolute atomic E-state index is 5.91. The lowest BCUT2D eigenvalue weighted by Gasteiger charge is -2.05. The molecule has 0 aliphatic rings. The highest BCUT2D eigenvalue weighted by Crippen LogP contribution is 2.30. The predicted molar refractivity (Wildman–Crippen MR) is 69.3 cm³/mol. The largest absolute Gasteiger partial charge is 0.370 e. The molecule has 0 aliphatic carbocycles. The third kappa shape index (κ3) is 2.51. The average Bonchev–Trinajstić information content (AvgIpc) is 2.64. The van der Waals surface area contributed by atoms with Crippen molar-refractivity contribution < 1.29 is 0 Å². The summed E-state index contributed by atoms with van der Waals surface area (Å²) in [5, 5.41) is 3.19. The minimum Gasteiger partial charge on any atom is -0.370 e. The Hall–Kier alpha value is -1.13. The number of nitrogens with zero attached hydrogens (tertiary/aromatic N) is 2. The Morgan fingerprint density at radius 1 is 1.38 bits per heavy atom. The van der Waals surface area contributed by atoms with E-state index in [1.807, 2.05) is 32.0 Å². The van der Waals surface area contributed by atoms with Crippen LogP contribution in [0.15, 0.2) is 18.2 Å². The molecule has 2 rings (SSSR count). The van der Waals surface area contributed by atoms with Gasteiger partial charge in [-0.25, -0.2) is 9.97 Å². The van der Waals surface area contributed by atoms with Gasteiger partial charge in [-0.2, -0.15) is 0 Å². The van der Waals surface area contributed by atoms with E-state index in [2.05, 4.69) is 15.3 Å². The van der Waals surface area contributed by atoms with Crippen LogP contribution in [0.3, 0.4) is 0 Å². The van der Waals surface area contributed by atoms with Crippen LogP contribution >= 0.6 is 22.9 Å². The minimum atomic E-state index is 0.762. The van der Waals surface area contributed by atoms with Crippen molar-refractivity contribution >= 4 is 28.8 Å². The number of halogens is 1. The van der Waals surface area contributed by atoms with Crippen molar-refractivity contribution in [1.82, 2.24) is 9.97 Å². The molecule has 0 aliphatic heterocycles. The molecule has 0 amide bonds. The molecule has 2 aromatic rings. The summed E-state index contributed by atoms with van der Waals surface area (Å²) in [6, 6.07) is 5.80. The second-order valence-corrected chi connectivity index (χ2v) is 5.03. The fourth-order valence-electron chi connectivity index (χ4n) is 1.42. The predicted octanol–water partition coefficient (Wildman–Crippen LogP) is 3.60. The van der Waals surface area contributed by atoms with E-state index in [4.69, 9.17) is 11.6 Å². The third-order valence-electron chi connectivity index (χ3n) is 2.02. The zero-order valence-electron chi connectivity index (χ0n) is 9.12. The first kappa shape index (κ1) is 11.4. The summed E-state index contributed by atoms with van der Waals surface area (Å²) in [6.07, 6.45) is 0. The van der Waals surface area contributed by atoms with Gasteiger partial charge in [0.15, 0.2) is 0 Å². The number of nitrogens with one attached hydrogen (secondary N) is 1. The van der Waals surface area contributed by atoms with Gasteiger partial charge in [-0.15, -0.1) is 11.3 Å². The first-order valence-corrected chi connectivity index (χ1v) is 6.23. The van der Waals surface area contributed by atoms with Crippen molar-refractivity contribution in [3.05, 3.63) is 28.4 Å². The van der Waals surface area contributed by atoms with Gasteiger partial charge >= 0.3 is 0 Å². The van der Waals surface area contributed by atoms with Crippen LogP contribution in [0.25, 0.3) is 10.6 Å². The maximum Gasteiger partial charge on any atom is 0.130 e. The Morgan fingerprint density at radius 3 is 2.81 bits per heavy atom. The summed E-state index contributed by atoms with van der Waals surface area (Å²) in [4.78, 5) is 9.77. The first-order valence-electron chi connectivity index (χ1n) is 5.04. The van der Waals surface area contributed by atoms with Gasteiger partial charge in [-0.1, -0.05) is 11.6 Å². The molecule has 0 saturated heterocycles. The van der Waals surface area contributed by atoms with Gasteiger partial charge < -0.3 is 5.32 Å². The van der Waals surface area contributed by atoms with Crippen LogP contribution in [0.4, 0.5) is 5.82 Å². The number of hydrogen-bond donors (Lipinski definition) is 1. The molecule has 0 radical (unpaired) electrons. The second-order valence-electron chi connectivity index (χ2n) is 3.32. The van der Waals surface area contributed by atoms with Crippen molar-refractivity contribution in [3.8, 4) is 10.6 Å². The van der Waals surface area contributed by atoms with E-state index < -0.39 is 0 Å². The SMILES string of the molecule is CCNc1cc(-c2ccc(Cl)s2)nc(C)n1. The summed E-state index contributed by atoms with van der Waals surface area (Å²) in [5.74, 6) is 1.62. The minimum absolute atomic E-state index is 0.762. The topological polar surface area (TPSA) is 37.8 Å². The summed E-state index contributed by atoms with van der Waals surface area (Å²) >= 11 is 7.43. The molecule has 1 N–H and O–H groups in total. The summed E-state index contributed by atoms with van der Waals surface area (Å²) in [7, 11) is 0. The van der Waals surface area contributed by atoms with Crippen molar-refractivity contribution in [2.75, 3.05) is 11.9 Å². The normalized spacial score (nSPS) is 10.4. The molecule has 0 fully saturated rings. The zero-order valence-corrected chi connectivity index (χ0v) is 10.7. The maximum atomic E-state index is 5.91. The molecular formula is C11H12ClN3S. The van der Waals surface area contributed by atoms with Gasteiger partial charge in [0, 0.05) is 12.6 Å². The van der Waals surface area contributed by atoms with E-state index in [0.717, 1.165) is 33.1 Å². The van der Waals surface area contributed by atoms with Crippen molar-refractivity contribution in [2.45, 2.75) is 13.8 Å². The Kier molecular flexibility index (Phi) is 3.41. The Balaban J connectivity index is 2.40. The quantitative estimate of drug-likeness (QED) is 0.908. The van der Waals surface area contributed by atoms with Gasteiger partial charge in [-0.05, 0) is 26.0 Å². The fourth-order valence-corrected chi connectivity index (χ4v) is 2.42. The average molecular weight is 254 g/mol. The van der Waals surface area contributed by atoms with Crippen molar-refractivity contribution in [2.24, 2.45) is 0 Å². The molecule has 16 heavy (non-hydrogen) atoms. The molecule has 0 aromatic carbocycles. The number of rotatable bonds is 3. The molecule has 84 valence electrons. The first-order chi connectivity index (χ1) is 7.69. The number of thiophene rings is 1. The van der Waals surface area contributed by atoms with Crippen molar-refractivity contribution in [1.29, 1.82) is 0 Å². The van der Waals surface area contributed by atoms with E-state index in [1.165, 1.54) is 11.3 Å². The summed E-state index contributed by atoms with van der Waals surface area (Å²) in [6.45, 7) is 4.78. The fraction of sp³-hybridized carbons (Fsp3) is 0.273. The number of aromatic nitrogens is 2. The molecule has 3 nitrogen and oxygen atoms in total. The molecule has 0 saturated carbocycles. The Labute approximate surface area is 104 Å². The molecule has 0 bridgehead atoms. The van der Waals surface area contributed by atoms with Crippen molar-refractivity contribution in [3.63, 3.8) is 0 Å². The summed E-state index contributed by atoms with van der Waals surface area (Å²) in [5.41, 5.74) is 0.917. The smallest absolute Gasteiger partial charge is 0.130 e. The van der Waals surface area contributed by atoms with Crippen LogP contribution in [0.1, 0.15) is 12.7 Å². The molecular weight excluding hydrogens is 242 g/mol. The van der Waals surface area contributed by atoms with E-state index >= 15 is 0 Å². The Bertz CT molecular complexity index is 496.